The minimum absolute atomic E-state index is 0.00880. The highest BCUT2D eigenvalue weighted by Gasteiger charge is 2.26. The molecule has 0 unspecified atom stereocenters. The second kappa shape index (κ2) is 10.5. The molecule has 158 valence electrons. The van der Waals surface area contributed by atoms with Crippen LogP contribution < -0.4 is 5.32 Å². The first kappa shape index (κ1) is 21.4. The van der Waals surface area contributed by atoms with Crippen molar-refractivity contribution in [2.24, 2.45) is 0 Å². The van der Waals surface area contributed by atoms with Gasteiger partial charge in [-0.3, -0.25) is 9.59 Å². The number of fused-ring (bicyclic) bond motifs is 3. The number of carboxylic acids is 1. The van der Waals surface area contributed by atoms with Crippen LogP contribution in [0.2, 0.25) is 0 Å². The number of aromatic nitrogens is 1. The van der Waals surface area contributed by atoms with Gasteiger partial charge in [-0.15, -0.1) is 0 Å². The van der Waals surface area contributed by atoms with E-state index < -0.39 is 5.97 Å². The van der Waals surface area contributed by atoms with Crippen LogP contribution in [0.5, 0.6) is 0 Å². The lowest BCUT2D eigenvalue weighted by Crippen LogP contribution is -2.39. The third-order valence-electron chi connectivity index (χ3n) is 6.04. The Kier molecular flexibility index (Phi) is 7.73. The Bertz CT molecular complexity index is 840. The van der Waals surface area contributed by atoms with Gasteiger partial charge in [-0.1, -0.05) is 63.6 Å². The summed E-state index contributed by atoms with van der Waals surface area (Å²) in [5, 5.41) is 13.6. The van der Waals surface area contributed by atoms with Gasteiger partial charge in [-0.25, -0.2) is 0 Å². The number of benzene rings is 1. The Balaban J connectivity index is 1.54. The predicted octanol–water partition coefficient (Wildman–Crippen LogP) is 4.84. The van der Waals surface area contributed by atoms with Crippen molar-refractivity contribution in [2.75, 3.05) is 0 Å². The summed E-state index contributed by atoms with van der Waals surface area (Å²) in [6, 6.07) is 8.15. The van der Waals surface area contributed by atoms with Gasteiger partial charge in [0, 0.05) is 29.1 Å². The SMILES string of the molecule is CCCCCCCCCC(=O)N[C@@H]1CCc2c(c3ccccc3n2CC(=O)O)C1. The minimum Gasteiger partial charge on any atom is -0.480 e. The molecule has 0 bridgehead atoms. The van der Waals surface area contributed by atoms with Crippen molar-refractivity contribution in [1.82, 2.24) is 9.88 Å². The lowest BCUT2D eigenvalue weighted by molar-refractivity contribution is -0.137. The van der Waals surface area contributed by atoms with Crippen molar-refractivity contribution in [3.63, 3.8) is 0 Å². The van der Waals surface area contributed by atoms with Crippen LogP contribution in [0, 0.1) is 0 Å². The van der Waals surface area contributed by atoms with Gasteiger partial charge >= 0.3 is 5.97 Å². The van der Waals surface area contributed by atoms with Crippen LogP contribution in [0.15, 0.2) is 24.3 Å². The Labute approximate surface area is 173 Å². The van der Waals surface area contributed by atoms with Crippen molar-refractivity contribution < 1.29 is 14.7 Å². The molecule has 0 aliphatic heterocycles. The summed E-state index contributed by atoms with van der Waals surface area (Å²) in [5.41, 5.74) is 3.30. The molecule has 2 N–H and O–H groups in total. The molecule has 1 amide bonds. The molecule has 5 nitrogen and oxygen atoms in total. The summed E-state index contributed by atoms with van der Waals surface area (Å²) in [6.07, 6.45) is 11.6. The first-order valence-corrected chi connectivity index (χ1v) is 11.2. The number of carbonyl (C=O) groups excluding carboxylic acids is 1. The fraction of sp³-hybridized carbons (Fsp3) is 0.583. The van der Waals surface area contributed by atoms with Gasteiger partial charge in [0.15, 0.2) is 0 Å². The maximum atomic E-state index is 12.4. The topological polar surface area (TPSA) is 71.3 Å². The van der Waals surface area contributed by atoms with Crippen LogP contribution in [-0.4, -0.2) is 27.6 Å². The zero-order chi connectivity index (χ0) is 20.6. The normalized spacial score (nSPS) is 16.0. The molecule has 0 fully saturated rings. The molecule has 1 aliphatic carbocycles. The number of para-hydroxylation sites is 1. The molecule has 29 heavy (non-hydrogen) atoms. The average molecular weight is 399 g/mol. The van der Waals surface area contributed by atoms with Gasteiger partial charge in [0.2, 0.25) is 5.91 Å². The Morgan fingerprint density at radius 1 is 1.10 bits per heavy atom. The number of aliphatic carboxylic acids is 1. The summed E-state index contributed by atoms with van der Waals surface area (Å²) < 4.78 is 1.93. The summed E-state index contributed by atoms with van der Waals surface area (Å²) in [6.45, 7) is 2.22. The fourth-order valence-electron chi connectivity index (χ4n) is 4.58. The lowest BCUT2D eigenvalue weighted by atomic mass is 9.91. The molecule has 5 heteroatoms. The molecule has 2 aromatic rings. The molecule has 0 radical (unpaired) electrons. The molecule has 0 saturated heterocycles. The van der Waals surface area contributed by atoms with Crippen molar-refractivity contribution in [2.45, 2.75) is 90.1 Å². The highest BCUT2D eigenvalue weighted by atomic mass is 16.4. The number of hydrogen-bond donors (Lipinski definition) is 2. The second-order valence-corrected chi connectivity index (χ2v) is 8.30. The number of carboxylic acid groups (broad SMARTS) is 1. The summed E-state index contributed by atoms with van der Waals surface area (Å²) in [5.74, 6) is -0.667. The van der Waals surface area contributed by atoms with Crippen molar-refractivity contribution in [1.29, 1.82) is 0 Å². The third-order valence-corrected chi connectivity index (χ3v) is 6.04. The van der Waals surface area contributed by atoms with E-state index in [2.05, 4.69) is 18.3 Å². The van der Waals surface area contributed by atoms with E-state index in [9.17, 15) is 14.7 Å². The molecule has 3 rings (SSSR count). The maximum absolute atomic E-state index is 12.4. The highest BCUT2D eigenvalue weighted by Crippen LogP contribution is 2.32. The highest BCUT2D eigenvalue weighted by molar-refractivity contribution is 5.87. The van der Waals surface area contributed by atoms with E-state index in [0.29, 0.717) is 6.42 Å². The number of nitrogens with one attached hydrogen (secondary N) is 1. The van der Waals surface area contributed by atoms with Crippen LogP contribution in [0.4, 0.5) is 0 Å². The lowest BCUT2D eigenvalue weighted by Gasteiger charge is -2.25. The van der Waals surface area contributed by atoms with Crippen molar-refractivity contribution in [3.05, 3.63) is 35.5 Å². The summed E-state index contributed by atoms with van der Waals surface area (Å²) >= 11 is 0. The van der Waals surface area contributed by atoms with Crippen molar-refractivity contribution >= 4 is 22.8 Å². The first-order chi connectivity index (χ1) is 14.1. The third kappa shape index (κ3) is 5.62. The summed E-state index contributed by atoms with van der Waals surface area (Å²) in [7, 11) is 0. The van der Waals surface area contributed by atoms with Crippen molar-refractivity contribution in [3.8, 4) is 0 Å². The van der Waals surface area contributed by atoms with E-state index in [4.69, 9.17) is 0 Å². The standard InChI is InChI=1S/C24H34N2O3/c1-2-3-4-5-6-7-8-13-23(27)25-18-14-15-22-20(16-18)19-11-9-10-12-21(19)26(22)17-24(28)29/h9-12,18H,2-8,13-17H2,1H3,(H,25,27)(H,28,29)/t18-/m1/s1. The molecule has 1 heterocycles. The molecular weight excluding hydrogens is 364 g/mol. The van der Waals surface area contributed by atoms with E-state index in [-0.39, 0.29) is 18.5 Å². The average Bonchev–Trinajstić information content (AvgIpc) is 3.00. The minimum atomic E-state index is -0.821. The molecule has 1 atom stereocenters. The molecule has 1 aromatic carbocycles. The second-order valence-electron chi connectivity index (χ2n) is 8.30. The van der Waals surface area contributed by atoms with Gasteiger partial charge in [-0.05, 0) is 37.3 Å². The van der Waals surface area contributed by atoms with Crippen LogP contribution >= 0.6 is 0 Å². The van der Waals surface area contributed by atoms with E-state index in [1.54, 1.807) is 0 Å². The van der Waals surface area contributed by atoms with Gasteiger partial charge in [0.1, 0.15) is 6.54 Å². The maximum Gasteiger partial charge on any atom is 0.323 e. The molecule has 1 aromatic heterocycles. The number of nitrogens with zero attached hydrogens (tertiary/aromatic N) is 1. The Morgan fingerprint density at radius 2 is 1.83 bits per heavy atom. The van der Waals surface area contributed by atoms with E-state index in [1.165, 1.54) is 37.7 Å². The smallest absolute Gasteiger partial charge is 0.323 e. The molecule has 0 saturated carbocycles. The largest absolute Gasteiger partial charge is 0.480 e. The molecule has 0 spiro atoms. The number of carbonyl (C=O) groups is 2. The van der Waals surface area contributed by atoms with Gasteiger partial charge in [0.25, 0.3) is 0 Å². The van der Waals surface area contributed by atoms with E-state index in [0.717, 1.165) is 48.7 Å². The predicted molar refractivity (Wildman–Crippen MR) is 116 cm³/mol. The molecule has 1 aliphatic rings. The van der Waals surface area contributed by atoms with Gasteiger partial charge < -0.3 is 15.0 Å². The van der Waals surface area contributed by atoms with E-state index >= 15 is 0 Å². The van der Waals surface area contributed by atoms with Gasteiger partial charge in [0.05, 0.1) is 0 Å². The zero-order valence-corrected chi connectivity index (χ0v) is 17.6. The first-order valence-electron chi connectivity index (χ1n) is 11.2. The number of amides is 1. The number of hydrogen-bond acceptors (Lipinski definition) is 2. The van der Waals surface area contributed by atoms with E-state index in [1.807, 2.05) is 22.8 Å². The number of rotatable bonds is 11. The summed E-state index contributed by atoms with van der Waals surface area (Å²) in [4.78, 5) is 23.7. The molecular formula is C24H34N2O3. The Hall–Kier alpha value is -2.30. The fourth-order valence-corrected chi connectivity index (χ4v) is 4.58. The van der Waals surface area contributed by atoms with Crippen LogP contribution in [0.3, 0.4) is 0 Å². The monoisotopic (exact) mass is 398 g/mol. The van der Waals surface area contributed by atoms with Gasteiger partial charge in [-0.2, -0.15) is 0 Å². The quantitative estimate of drug-likeness (QED) is 0.532. The van der Waals surface area contributed by atoms with Crippen LogP contribution in [-0.2, 0) is 29.0 Å². The van der Waals surface area contributed by atoms with Crippen LogP contribution in [0.25, 0.3) is 10.9 Å². The zero-order valence-electron chi connectivity index (χ0n) is 17.6. The Morgan fingerprint density at radius 3 is 2.59 bits per heavy atom. The number of unbranched alkanes of at least 4 members (excludes halogenated alkanes) is 6. The van der Waals surface area contributed by atoms with Crippen LogP contribution in [0.1, 0.15) is 76.0 Å².